The van der Waals surface area contributed by atoms with Crippen LogP contribution in [0.15, 0.2) is 24.3 Å². The van der Waals surface area contributed by atoms with E-state index in [-0.39, 0.29) is 12.6 Å². The van der Waals surface area contributed by atoms with Crippen molar-refractivity contribution in [2.75, 3.05) is 12.9 Å². The third-order valence-electron chi connectivity index (χ3n) is 2.14. The second-order valence-electron chi connectivity index (χ2n) is 3.42. The predicted octanol–water partition coefficient (Wildman–Crippen LogP) is 1.26. The van der Waals surface area contributed by atoms with Gasteiger partial charge in [0.05, 0.1) is 0 Å². The fourth-order valence-corrected chi connectivity index (χ4v) is 7.67. The molecule has 2 N–H and O–H groups in total. The molecule has 0 radical (unpaired) electrons. The second kappa shape index (κ2) is 9.33. The molecule has 2 nitrogen and oxygen atoms in total. The molecule has 0 saturated carbocycles. The summed E-state index contributed by atoms with van der Waals surface area (Å²) in [4.78, 5) is 2.41. The molecule has 0 amide bonds. The Hall–Kier alpha value is 0.289. The van der Waals surface area contributed by atoms with Crippen molar-refractivity contribution in [3.8, 4) is 0 Å². The Morgan fingerprint density at radius 1 is 1.44 bits per heavy atom. The summed E-state index contributed by atoms with van der Waals surface area (Å²) < 4.78 is 1.56. The molecule has 1 aromatic carbocycles. The van der Waals surface area contributed by atoms with Gasteiger partial charge in [0, 0.05) is 0 Å². The van der Waals surface area contributed by atoms with Gasteiger partial charge in [-0.25, -0.2) is 0 Å². The van der Waals surface area contributed by atoms with Crippen LogP contribution >= 0.6 is 8.95 Å². The SMILES string of the molecule is CC[O-].C[S][Sn+]([CH3])[c]1ccccc1C(C)N. The quantitative estimate of drug-likeness (QED) is 0.839. The van der Waals surface area contributed by atoms with Crippen molar-refractivity contribution >= 4 is 30.9 Å². The summed E-state index contributed by atoms with van der Waals surface area (Å²) in [6, 6.07) is 8.81. The molecule has 0 heterocycles. The van der Waals surface area contributed by atoms with Gasteiger partial charge in [-0.05, 0) is 0 Å². The standard InChI is InChI=1S/C8H10N.C2H5O.CH4S.CH3.Sn/c1-7(9)8-5-3-2-4-6-8;1-2-3;1-2;;/h2-5,7H,9H2,1H3;2H2,1H3;2H,1H3;1H3;/q;-1;;;+2/p-1. The van der Waals surface area contributed by atoms with Crippen molar-refractivity contribution in [2.24, 2.45) is 5.73 Å². The molecule has 0 bridgehead atoms. The Morgan fingerprint density at radius 2 is 1.94 bits per heavy atom. The van der Waals surface area contributed by atoms with Gasteiger partial charge in [-0.1, -0.05) is 6.92 Å². The number of hydrogen-bond acceptors (Lipinski definition) is 3. The van der Waals surface area contributed by atoms with Crippen molar-refractivity contribution in [1.29, 1.82) is 0 Å². The van der Waals surface area contributed by atoms with E-state index in [2.05, 4.69) is 51.3 Å². The number of nitrogens with two attached hydrogens (primary N) is 1. The van der Waals surface area contributed by atoms with Crippen molar-refractivity contribution in [1.82, 2.24) is 0 Å². The zero-order valence-corrected chi connectivity index (χ0v) is 14.2. The van der Waals surface area contributed by atoms with Crippen molar-refractivity contribution in [3.05, 3.63) is 29.8 Å². The minimum absolute atomic E-state index is 0. The Balaban J connectivity index is 0.000000673. The van der Waals surface area contributed by atoms with E-state index >= 15 is 0 Å². The number of hydrogen-bond donors (Lipinski definition) is 1. The third kappa shape index (κ3) is 5.57. The van der Waals surface area contributed by atoms with Crippen LogP contribution < -0.4 is 14.4 Å². The van der Waals surface area contributed by atoms with Gasteiger partial charge < -0.3 is 5.11 Å². The van der Waals surface area contributed by atoms with E-state index in [0.717, 1.165) is 0 Å². The van der Waals surface area contributed by atoms with E-state index in [1.54, 1.807) is 10.5 Å². The molecule has 4 heteroatoms. The fraction of sp³-hybridized carbons (Fsp3) is 0.500. The molecular formula is C12H21NOSSn. The van der Waals surface area contributed by atoms with E-state index < -0.39 is 18.4 Å². The zero-order valence-electron chi connectivity index (χ0n) is 10.5. The van der Waals surface area contributed by atoms with Gasteiger partial charge >= 0.3 is 90.6 Å². The fourth-order valence-electron chi connectivity index (χ4n) is 1.32. The van der Waals surface area contributed by atoms with Gasteiger partial charge in [0.25, 0.3) is 0 Å². The molecule has 0 saturated heterocycles. The maximum atomic E-state index is 8.93. The Kier molecular flexibility index (Phi) is 9.50. The Morgan fingerprint density at radius 3 is 2.38 bits per heavy atom. The maximum absolute atomic E-state index is 8.93. The van der Waals surface area contributed by atoms with Crippen molar-refractivity contribution in [2.45, 2.75) is 24.8 Å². The van der Waals surface area contributed by atoms with E-state index in [0.29, 0.717) is 0 Å². The summed E-state index contributed by atoms with van der Waals surface area (Å²) in [6.07, 6.45) is 2.22. The first-order valence-corrected chi connectivity index (χ1v) is 14.4. The van der Waals surface area contributed by atoms with Crippen LogP contribution in [-0.4, -0.2) is 31.2 Å². The molecule has 0 aromatic heterocycles. The molecule has 1 unspecified atom stereocenters. The molecule has 90 valence electrons. The average Bonchev–Trinajstić information content (AvgIpc) is 2.29. The molecule has 1 aromatic rings. The van der Waals surface area contributed by atoms with Gasteiger partial charge in [0.1, 0.15) is 0 Å². The summed E-state index contributed by atoms with van der Waals surface area (Å²) in [5.41, 5.74) is 7.28. The first-order chi connectivity index (χ1) is 7.58. The first-order valence-electron chi connectivity index (χ1n) is 5.38. The van der Waals surface area contributed by atoms with Crippen LogP contribution in [0.2, 0.25) is 4.94 Å². The topological polar surface area (TPSA) is 49.1 Å². The normalized spacial score (nSPS) is 11.4. The molecule has 0 aliphatic heterocycles. The summed E-state index contributed by atoms with van der Waals surface area (Å²) in [7, 11) is 2.05. The molecule has 0 aliphatic carbocycles. The summed E-state index contributed by atoms with van der Waals surface area (Å²) in [6.45, 7) is 3.63. The number of rotatable bonds is 3. The van der Waals surface area contributed by atoms with Gasteiger partial charge in [0.15, 0.2) is 0 Å². The zero-order chi connectivity index (χ0) is 12.6. The molecular weight excluding hydrogens is 325 g/mol. The molecule has 1 atom stereocenters. The summed E-state index contributed by atoms with van der Waals surface area (Å²) in [5.74, 6) is 0. The monoisotopic (exact) mass is 347 g/mol. The summed E-state index contributed by atoms with van der Waals surface area (Å²) >= 11 is -1.35. The van der Waals surface area contributed by atoms with Crippen LogP contribution in [0.25, 0.3) is 0 Å². The van der Waals surface area contributed by atoms with E-state index in [1.165, 1.54) is 5.56 Å². The Bertz CT molecular complexity index is 294. The predicted molar refractivity (Wildman–Crippen MR) is 74.4 cm³/mol. The van der Waals surface area contributed by atoms with E-state index in [9.17, 15) is 0 Å². The molecule has 0 aliphatic rings. The first kappa shape index (κ1) is 16.3. The average molecular weight is 346 g/mol. The van der Waals surface area contributed by atoms with Gasteiger partial charge in [-0.3, -0.25) is 0 Å². The van der Waals surface area contributed by atoms with E-state index in [1.807, 2.05) is 0 Å². The van der Waals surface area contributed by atoms with E-state index in [4.69, 9.17) is 10.8 Å². The number of benzene rings is 1. The van der Waals surface area contributed by atoms with Gasteiger partial charge in [-0.2, -0.15) is 0 Å². The van der Waals surface area contributed by atoms with Gasteiger partial charge in [-0.15, -0.1) is 6.61 Å². The van der Waals surface area contributed by atoms with Crippen LogP contribution in [0.5, 0.6) is 0 Å². The van der Waals surface area contributed by atoms with Crippen LogP contribution in [0, 0.1) is 0 Å². The summed E-state index contributed by atoms with van der Waals surface area (Å²) in [5, 5.41) is 8.93. The van der Waals surface area contributed by atoms with Crippen molar-refractivity contribution in [3.63, 3.8) is 0 Å². The molecule has 0 spiro atoms. The van der Waals surface area contributed by atoms with Crippen LogP contribution in [0.3, 0.4) is 0 Å². The molecule has 1 rings (SSSR count). The minimum atomic E-state index is -1.35. The van der Waals surface area contributed by atoms with Crippen LogP contribution in [0.1, 0.15) is 25.5 Å². The molecule has 0 fully saturated rings. The van der Waals surface area contributed by atoms with Crippen LogP contribution in [-0.2, 0) is 0 Å². The molecule has 16 heavy (non-hydrogen) atoms. The Labute approximate surface area is 109 Å². The second-order valence-corrected chi connectivity index (χ2v) is 16.1. The van der Waals surface area contributed by atoms with Crippen molar-refractivity contribution < 1.29 is 5.11 Å². The third-order valence-corrected chi connectivity index (χ3v) is 12.9. The van der Waals surface area contributed by atoms with Crippen LogP contribution in [0.4, 0.5) is 0 Å². The van der Waals surface area contributed by atoms with Gasteiger partial charge in [0.2, 0.25) is 0 Å².